The highest BCUT2D eigenvalue weighted by Crippen LogP contribution is 2.60. The smallest absolute Gasteiger partial charge is 0.221 e. The third-order valence-corrected chi connectivity index (χ3v) is 32.4. The first-order valence-electron chi connectivity index (χ1n) is 34.8. The van der Waals surface area contributed by atoms with E-state index in [1.165, 1.54) is 64.4 Å². The van der Waals surface area contributed by atoms with Gasteiger partial charge in [0, 0.05) is 83.3 Å². The summed E-state index contributed by atoms with van der Waals surface area (Å²) in [5.74, 6) is -0.00330. The maximum atomic E-state index is 13.8. The molecule has 496 valence electrons. The first kappa shape index (κ1) is 69.2. The number of benzene rings is 12. The topological polar surface area (TPSA) is 67.9 Å². The van der Waals surface area contributed by atoms with Crippen molar-refractivity contribution in [1.29, 1.82) is 0 Å². The summed E-state index contributed by atoms with van der Waals surface area (Å²) in [7, 11) is -1.95. The molecular formula is C89H91N5O2P3+3. The largest absolute Gasteiger partial charge is 0.375 e. The van der Waals surface area contributed by atoms with Crippen molar-refractivity contribution in [3.8, 4) is 0 Å². The van der Waals surface area contributed by atoms with Crippen molar-refractivity contribution in [3.63, 3.8) is 0 Å². The van der Waals surface area contributed by atoms with Crippen molar-refractivity contribution in [2.75, 3.05) is 68.1 Å². The van der Waals surface area contributed by atoms with Gasteiger partial charge in [-0.05, 0) is 175 Å². The van der Waals surface area contributed by atoms with Gasteiger partial charge < -0.3 is 25.3 Å². The van der Waals surface area contributed by atoms with E-state index in [0.29, 0.717) is 39.0 Å². The fourth-order valence-corrected chi connectivity index (χ4v) is 26.7. The average molecular weight is 1360 g/mol. The van der Waals surface area contributed by atoms with Gasteiger partial charge >= 0.3 is 0 Å². The summed E-state index contributed by atoms with van der Waals surface area (Å²) in [5, 5.41) is 18.7. The van der Waals surface area contributed by atoms with Crippen LogP contribution in [-0.4, -0.2) is 65.2 Å². The van der Waals surface area contributed by atoms with Crippen molar-refractivity contribution < 1.29 is 9.59 Å². The van der Waals surface area contributed by atoms with Crippen molar-refractivity contribution in [3.05, 3.63) is 362 Å². The van der Waals surface area contributed by atoms with E-state index in [0.717, 1.165) is 61.5 Å². The lowest BCUT2D eigenvalue weighted by Gasteiger charge is -2.28. The van der Waals surface area contributed by atoms with Gasteiger partial charge in [-0.15, -0.1) is 0 Å². The zero-order valence-corrected chi connectivity index (χ0v) is 59.8. The van der Waals surface area contributed by atoms with E-state index in [1.54, 1.807) is 0 Å². The Morgan fingerprint density at radius 1 is 0.263 bits per heavy atom. The first-order valence-corrected chi connectivity index (χ1v) is 40.8. The fourth-order valence-electron chi connectivity index (χ4n) is 14.0. The van der Waals surface area contributed by atoms with Crippen LogP contribution in [0.15, 0.2) is 346 Å². The van der Waals surface area contributed by atoms with Crippen LogP contribution in [0.4, 0.5) is 17.1 Å². The second-order valence-corrected chi connectivity index (χ2v) is 36.1. The number of nitrogens with zero attached hydrogens (tertiary/aromatic N) is 3. The number of anilines is 3. The van der Waals surface area contributed by atoms with Gasteiger partial charge in [-0.25, -0.2) is 0 Å². The Balaban J connectivity index is 0.681. The number of hydrogen-bond acceptors (Lipinski definition) is 5. The highest BCUT2D eigenvalue weighted by Gasteiger charge is 2.48. The van der Waals surface area contributed by atoms with Crippen molar-refractivity contribution in [2.45, 2.75) is 44.2 Å². The molecular weight excluding hydrogens is 1260 g/mol. The Hall–Kier alpha value is -9.73. The molecule has 12 aromatic rings. The Kier molecular flexibility index (Phi) is 23.9. The monoisotopic (exact) mass is 1350 g/mol. The summed E-state index contributed by atoms with van der Waals surface area (Å²) in [6, 6.07) is 126. The number of rotatable bonds is 32. The van der Waals surface area contributed by atoms with E-state index in [9.17, 15) is 9.59 Å². The molecule has 0 aromatic heterocycles. The molecule has 2 amide bonds. The summed E-state index contributed by atoms with van der Waals surface area (Å²) in [6.07, 6.45) is 4.86. The molecule has 10 heteroatoms. The van der Waals surface area contributed by atoms with Gasteiger partial charge in [0.1, 0.15) is 69.5 Å². The van der Waals surface area contributed by atoms with Crippen LogP contribution in [0.1, 0.15) is 42.4 Å². The summed E-state index contributed by atoms with van der Waals surface area (Å²) in [5.41, 5.74) is 7.11. The van der Waals surface area contributed by atoms with E-state index in [4.69, 9.17) is 0 Å². The molecule has 0 atom stereocenters. The van der Waals surface area contributed by atoms with Gasteiger partial charge in [0.15, 0.2) is 0 Å². The Bertz CT molecular complexity index is 3900. The molecule has 0 spiro atoms. The van der Waals surface area contributed by atoms with Gasteiger partial charge in [-0.3, -0.25) is 9.59 Å². The third-order valence-electron chi connectivity index (χ3n) is 19.3. The standard InChI is InChI=1S/C89H89N5O2P3/c1-92(76-56-50-73(51-57-76)70-97(79-32-12-3-13-33-79,80-34-14-4-15-35-80)81-36-16-5-17-37-81)66-30-64-90-88(95)62-68-94(78-60-54-75(55-61-78)72-99(85-44-24-9-25-45-85,86-46-26-10-27-47-86)87-48-28-11-29-49-87)69-63-89(96)91-65-31-67-93(2)77-58-52-74(53-59-77)71-98(82-38-18-6-19-39-82,83-40-20-7-21-41-83)84-42-22-8-23-43-84/h3-29,32-61H,30-31,62-72H2,1-2H3/q+1/p+2. The van der Waals surface area contributed by atoms with Crippen molar-refractivity contribution in [1.82, 2.24) is 10.6 Å². The number of hydrogen-bond donors (Lipinski definition) is 2. The van der Waals surface area contributed by atoms with E-state index < -0.39 is 21.8 Å². The van der Waals surface area contributed by atoms with Crippen molar-refractivity contribution >= 4 is 98.4 Å². The van der Waals surface area contributed by atoms with Crippen LogP contribution < -0.4 is 73.1 Å². The lowest BCUT2D eigenvalue weighted by molar-refractivity contribution is -0.121. The maximum absolute atomic E-state index is 13.8. The van der Waals surface area contributed by atoms with Gasteiger partial charge in [-0.2, -0.15) is 0 Å². The minimum Gasteiger partial charge on any atom is -0.375 e. The van der Waals surface area contributed by atoms with Crippen LogP contribution in [0.3, 0.4) is 0 Å². The van der Waals surface area contributed by atoms with E-state index >= 15 is 0 Å². The molecule has 0 aliphatic heterocycles. The van der Waals surface area contributed by atoms with Crippen LogP contribution in [0.2, 0.25) is 0 Å². The Morgan fingerprint density at radius 3 is 0.677 bits per heavy atom. The summed E-state index contributed by atoms with van der Waals surface area (Å²) in [4.78, 5) is 34.5. The van der Waals surface area contributed by atoms with Crippen LogP contribution in [0.5, 0.6) is 0 Å². The predicted octanol–water partition coefficient (Wildman–Crippen LogP) is 15.0. The van der Waals surface area contributed by atoms with E-state index in [-0.39, 0.29) is 11.8 Å². The molecule has 0 saturated heterocycles. The number of carbonyl (C=O) groups is 2. The molecule has 0 radical (unpaired) electrons. The van der Waals surface area contributed by atoms with E-state index in [2.05, 4.69) is 385 Å². The van der Waals surface area contributed by atoms with Gasteiger partial charge in [0.05, 0.1) is 18.5 Å². The highest BCUT2D eigenvalue weighted by atomic mass is 31.2. The van der Waals surface area contributed by atoms with Crippen LogP contribution in [-0.2, 0) is 28.1 Å². The zero-order chi connectivity index (χ0) is 68.0. The van der Waals surface area contributed by atoms with Crippen LogP contribution >= 0.6 is 21.8 Å². The molecule has 99 heavy (non-hydrogen) atoms. The Labute approximate surface area is 589 Å². The molecule has 2 N–H and O–H groups in total. The zero-order valence-electron chi connectivity index (χ0n) is 57.1. The molecule has 0 fully saturated rings. The second kappa shape index (κ2) is 34.2. The fraction of sp³-hybridized carbons (Fsp3) is 0.169. The lowest BCUT2D eigenvalue weighted by atomic mass is 10.2. The molecule has 0 unspecified atom stereocenters. The average Bonchev–Trinajstić information content (AvgIpc) is 0.768. The minimum absolute atomic E-state index is 0.00165. The molecule has 0 bridgehead atoms. The second-order valence-electron chi connectivity index (χ2n) is 25.7. The van der Waals surface area contributed by atoms with E-state index in [1.807, 2.05) is 0 Å². The summed E-state index contributed by atoms with van der Waals surface area (Å²) >= 11 is 0. The number of carbonyl (C=O) groups excluding carboxylic acids is 2. The first-order chi connectivity index (χ1) is 48.7. The third kappa shape index (κ3) is 16.9. The lowest BCUT2D eigenvalue weighted by Crippen LogP contribution is -2.35. The highest BCUT2D eigenvalue weighted by molar-refractivity contribution is 7.96. The quantitative estimate of drug-likeness (QED) is 0.0325. The number of nitrogens with one attached hydrogen (secondary N) is 2. The Morgan fingerprint density at radius 2 is 0.465 bits per heavy atom. The summed E-state index contributed by atoms with van der Waals surface area (Å²) < 4.78 is 0. The van der Waals surface area contributed by atoms with Crippen LogP contribution in [0.25, 0.3) is 0 Å². The molecule has 7 nitrogen and oxygen atoms in total. The minimum atomic E-state index is -2.14. The molecule has 0 saturated carbocycles. The van der Waals surface area contributed by atoms with Crippen molar-refractivity contribution in [2.24, 2.45) is 0 Å². The molecule has 12 aromatic carbocycles. The number of amides is 2. The van der Waals surface area contributed by atoms with Gasteiger partial charge in [0.25, 0.3) is 0 Å². The summed E-state index contributed by atoms with van der Waals surface area (Å²) in [6.45, 7) is 3.64. The van der Waals surface area contributed by atoms with Crippen LogP contribution in [0, 0.1) is 0 Å². The van der Waals surface area contributed by atoms with Gasteiger partial charge in [-0.1, -0.05) is 200 Å². The SMILES string of the molecule is CN(CCCNC(=O)CCN(CCC(=O)NCCCN(C)c1ccc(C[P+](c2ccccc2)(c2ccccc2)c2ccccc2)cc1)c1ccc(C[P+](c2ccccc2)(c2ccccc2)c2ccccc2)cc1)c1ccc(C[P+](c2ccccc2)(c2ccccc2)c2ccccc2)cc1. The molecule has 0 aliphatic rings. The molecule has 0 heterocycles. The molecule has 0 aliphatic carbocycles. The normalized spacial score (nSPS) is 11.5. The maximum Gasteiger partial charge on any atom is 0.221 e. The predicted molar refractivity (Wildman–Crippen MR) is 429 cm³/mol. The molecule has 12 rings (SSSR count). The van der Waals surface area contributed by atoms with Gasteiger partial charge in [0.2, 0.25) is 11.8 Å².